The van der Waals surface area contributed by atoms with Crippen LogP contribution in [0.4, 0.5) is 5.69 Å². The van der Waals surface area contributed by atoms with E-state index in [1.54, 1.807) is 0 Å². The maximum atomic E-state index is 12.5. The summed E-state index contributed by atoms with van der Waals surface area (Å²) >= 11 is 0. The summed E-state index contributed by atoms with van der Waals surface area (Å²) in [5, 5.41) is 2.85. The van der Waals surface area contributed by atoms with Gasteiger partial charge in [-0.05, 0) is 23.6 Å². The Hall–Kier alpha value is -2.37. The fraction of sp³-hybridized carbons (Fsp3) is 0.500. The van der Waals surface area contributed by atoms with E-state index in [0.717, 1.165) is 23.2 Å². The molecule has 3 rings (SSSR count). The minimum Gasteiger partial charge on any atom is -0.339 e. The topological polar surface area (TPSA) is 69.7 Å². The van der Waals surface area contributed by atoms with E-state index in [4.69, 9.17) is 0 Å². The van der Waals surface area contributed by atoms with Gasteiger partial charge in [0.2, 0.25) is 17.7 Å². The number of rotatable bonds is 3. The van der Waals surface area contributed by atoms with Crippen molar-refractivity contribution in [1.82, 2.24) is 9.80 Å². The number of hydrogen-bond donors (Lipinski definition) is 1. The van der Waals surface area contributed by atoms with Gasteiger partial charge in [0.1, 0.15) is 0 Å². The lowest BCUT2D eigenvalue weighted by Crippen LogP contribution is -2.50. The van der Waals surface area contributed by atoms with Crippen LogP contribution in [0.25, 0.3) is 0 Å². The molecule has 0 unspecified atom stereocenters. The molecule has 128 valence electrons. The van der Waals surface area contributed by atoms with Crippen LogP contribution in [-0.4, -0.2) is 53.7 Å². The zero-order chi connectivity index (χ0) is 17.1. The maximum Gasteiger partial charge on any atom is 0.227 e. The predicted octanol–water partition coefficient (Wildman–Crippen LogP) is 1.19. The monoisotopic (exact) mass is 329 g/mol. The van der Waals surface area contributed by atoms with Crippen molar-refractivity contribution in [3.63, 3.8) is 0 Å². The van der Waals surface area contributed by atoms with E-state index in [-0.39, 0.29) is 17.7 Å². The molecule has 0 bridgehead atoms. The Morgan fingerprint density at radius 2 is 1.71 bits per heavy atom. The van der Waals surface area contributed by atoms with Crippen LogP contribution in [-0.2, 0) is 27.2 Å². The van der Waals surface area contributed by atoms with Crippen LogP contribution in [0.2, 0.25) is 0 Å². The van der Waals surface area contributed by atoms with Crippen molar-refractivity contribution in [2.75, 3.05) is 31.5 Å². The number of aryl methyl sites for hydroxylation is 1. The average Bonchev–Trinajstić information content (AvgIpc) is 2.61. The number of nitrogens with zero attached hydrogens (tertiary/aromatic N) is 2. The minimum atomic E-state index is 0.0471. The van der Waals surface area contributed by atoms with Crippen LogP contribution in [0, 0.1) is 0 Å². The largest absolute Gasteiger partial charge is 0.339 e. The highest BCUT2D eigenvalue weighted by Crippen LogP contribution is 2.24. The Balaban J connectivity index is 1.58. The first-order chi connectivity index (χ1) is 11.6. The van der Waals surface area contributed by atoms with Crippen molar-refractivity contribution in [2.24, 2.45) is 0 Å². The molecule has 24 heavy (non-hydrogen) atoms. The first kappa shape index (κ1) is 16.5. The molecule has 0 radical (unpaired) electrons. The van der Waals surface area contributed by atoms with Crippen LogP contribution in [0.5, 0.6) is 0 Å². The van der Waals surface area contributed by atoms with E-state index in [1.807, 2.05) is 34.9 Å². The molecular weight excluding hydrogens is 306 g/mol. The molecule has 3 amide bonds. The first-order valence-corrected chi connectivity index (χ1v) is 8.54. The van der Waals surface area contributed by atoms with Crippen LogP contribution < -0.4 is 5.32 Å². The van der Waals surface area contributed by atoms with E-state index in [1.165, 1.54) is 0 Å². The Morgan fingerprint density at radius 3 is 2.38 bits per heavy atom. The Kier molecular flexibility index (Phi) is 4.83. The molecule has 0 aromatic heterocycles. The van der Waals surface area contributed by atoms with Gasteiger partial charge >= 0.3 is 0 Å². The normalized spacial score (nSPS) is 17.3. The molecule has 0 saturated carbocycles. The average molecular weight is 329 g/mol. The quantitative estimate of drug-likeness (QED) is 0.906. The summed E-state index contributed by atoms with van der Waals surface area (Å²) in [7, 11) is 0. The van der Waals surface area contributed by atoms with E-state index >= 15 is 0 Å². The minimum absolute atomic E-state index is 0.0471. The van der Waals surface area contributed by atoms with Gasteiger partial charge < -0.3 is 15.1 Å². The Bertz CT molecular complexity index is 663. The number of hydrogen-bond acceptors (Lipinski definition) is 3. The predicted molar refractivity (Wildman–Crippen MR) is 90.5 cm³/mol. The highest BCUT2D eigenvalue weighted by molar-refractivity contribution is 5.94. The summed E-state index contributed by atoms with van der Waals surface area (Å²) in [6.07, 6.45) is 2.10. The molecule has 0 aliphatic carbocycles. The van der Waals surface area contributed by atoms with E-state index in [2.05, 4.69) is 5.32 Å². The summed E-state index contributed by atoms with van der Waals surface area (Å²) < 4.78 is 0. The van der Waals surface area contributed by atoms with Crippen molar-refractivity contribution >= 4 is 23.4 Å². The van der Waals surface area contributed by atoms with Crippen LogP contribution in [0.15, 0.2) is 18.2 Å². The second-order valence-electron chi connectivity index (χ2n) is 6.33. The van der Waals surface area contributed by atoms with Gasteiger partial charge in [0, 0.05) is 44.7 Å². The van der Waals surface area contributed by atoms with Crippen molar-refractivity contribution in [3.8, 4) is 0 Å². The summed E-state index contributed by atoms with van der Waals surface area (Å²) in [6, 6.07) is 5.80. The number of benzene rings is 1. The van der Waals surface area contributed by atoms with Gasteiger partial charge in [-0.3, -0.25) is 14.4 Å². The number of nitrogens with one attached hydrogen (secondary N) is 1. The number of carbonyl (C=O) groups is 3. The second-order valence-corrected chi connectivity index (χ2v) is 6.33. The molecule has 2 aliphatic rings. The standard InChI is InChI=1S/C18H23N3O3/c1-2-17(23)20-7-9-21(10-8-20)18(24)12-13-3-5-15-14(11-13)4-6-16(22)19-15/h3,5,11H,2,4,6-10,12H2,1H3,(H,19,22). The van der Waals surface area contributed by atoms with Gasteiger partial charge in [-0.25, -0.2) is 0 Å². The summed E-state index contributed by atoms with van der Waals surface area (Å²) in [5.41, 5.74) is 2.93. The molecule has 1 aromatic rings. The number of piperazine rings is 1. The van der Waals surface area contributed by atoms with E-state index in [0.29, 0.717) is 45.4 Å². The number of amides is 3. The lowest BCUT2D eigenvalue weighted by atomic mass is 9.99. The maximum absolute atomic E-state index is 12.5. The van der Waals surface area contributed by atoms with Crippen molar-refractivity contribution in [3.05, 3.63) is 29.3 Å². The third kappa shape index (κ3) is 3.58. The smallest absolute Gasteiger partial charge is 0.227 e. The van der Waals surface area contributed by atoms with Gasteiger partial charge in [0.25, 0.3) is 0 Å². The molecule has 0 atom stereocenters. The Labute approximate surface area is 141 Å². The molecule has 2 heterocycles. The van der Waals surface area contributed by atoms with Gasteiger partial charge in [0.15, 0.2) is 0 Å². The van der Waals surface area contributed by atoms with Crippen molar-refractivity contribution in [1.29, 1.82) is 0 Å². The summed E-state index contributed by atoms with van der Waals surface area (Å²) in [6.45, 7) is 4.30. The summed E-state index contributed by atoms with van der Waals surface area (Å²) in [5.74, 6) is 0.294. The number of fused-ring (bicyclic) bond motifs is 1. The number of carbonyl (C=O) groups excluding carboxylic acids is 3. The molecule has 2 aliphatic heterocycles. The lowest BCUT2D eigenvalue weighted by Gasteiger charge is -2.34. The van der Waals surface area contributed by atoms with Crippen molar-refractivity contribution in [2.45, 2.75) is 32.6 Å². The first-order valence-electron chi connectivity index (χ1n) is 8.54. The molecule has 1 aromatic carbocycles. The van der Waals surface area contributed by atoms with Gasteiger partial charge in [-0.15, -0.1) is 0 Å². The Morgan fingerprint density at radius 1 is 1.04 bits per heavy atom. The zero-order valence-electron chi connectivity index (χ0n) is 14.0. The van der Waals surface area contributed by atoms with Gasteiger partial charge in [-0.1, -0.05) is 19.1 Å². The van der Waals surface area contributed by atoms with E-state index in [9.17, 15) is 14.4 Å². The van der Waals surface area contributed by atoms with Gasteiger partial charge in [-0.2, -0.15) is 0 Å². The highest BCUT2D eigenvalue weighted by atomic mass is 16.2. The molecular formula is C18H23N3O3. The zero-order valence-corrected chi connectivity index (χ0v) is 14.0. The third-order valence-corrected chi connectivity index (χ3v) is 4.71. The molecule has 6 nitrogen and oxygen atoms in total. The molecule has 0 spiro atoms. The highest BCUT2D eigenvalue weighted by Gasteiger charge is 2.23. The summed E-state index contributed by atoms with van der Waals surface area (Å²) in [4.78, 5) is 39.2. The SMILES string of the molecule is CCC(=O)N1CCN(C(=O)Cc2ccc3c(c2)CCC(=O)N3)CC1. The van der Waals surface area contributed by atoms with Crippen LogP contribution in [0.1, 0.15) is 30.9 Å². The van der Waals surface area contributed by atoms with Crippen molar-refractivity contribution < 1.29 is 14.4 Å². The van der Waals surface area contributed by atoms with Crippen LogP contribution >= 0.6 is 0 Å². The second kappa shape index (κ2) is 7.03. The molecule has 6 heteroatoms. The fourth-order valence-corrected chi connectivity index (χ4v) is 3.26. The lowest BCUT2D eigenvalue weighted by molar-refractivity contribution is -0.139. The molecule has 1 N–H and O–H groups in total. The van der Waals surface area contributed by atoms with Crippen LogP contribution in [0.3, 0.4) is 0 Å². The molecule has 1 saturated heterocycles. The fourth-order valence-electron chi connectivity index (χ4n) is 3.26. The third-order valence-electron chi connectivity index (χ3n) is 4.71. The van der Waals surface area contributed by atoms with Gasteiger partial charge in [0.05, 0.1) is 6.42 Å². The van der Waals surface area contributed by atoms with E-state index < -0.39 is 0 Å². The number of anilines is 1. The molecule has 1 fully saturated rings.